The molecule has 3 nitrogen and oxygen atoms in total. The molecule has 0 saturated carbocycles. The number of hydrogen-bond donors (Lipinski definition) is 0. The third-order valence-electron chi connectivity index (χ3n) is 4.14. The second-order valence-corrected chi connectivity index (χ2v) is 6.92. The summed E-state index contributed by atoms with van der Waals surface area (Å²) >= 11 is 3.62. The average Bonchev–Trinajstić information content (AvgIpc) is 2.60. The van der Waals surface area contributed by atoms with Gasteiger partial charge in [0.25, 0.3) is 0 Å². The van der Waals surface area contributed by atoms with Crippen LogP contribution in [0.5, 0.6) is 0 Å². The molecule has 1 aromatic heterocycles. The lowest BCUT2D eigenvalue weighted by Crippen LogP contribution is -1.98. The molecule has 0 unspecified atom stereocenters. The number of nitrogens with zero attached hydrogens (tertiary/aromatic N) is 3. The molecular weight excluding hydrogens is 374 g/mol. The largest absolute Gasteiger partial charge is 0.219 e. The summed E-state index contributed by atoms with van der Waals surface area (Å²) in [6, 6.07) is 21.1. The van der Waals surface area contributed by atoms with Crippen LogP contribution in [-0.2, 0) is 0 Å². The summed E-state index contributed by atoms with van der Waals surface area (Å²) in [7, 11) is 0. The molecule has 0 saturated heterocycles. The molecule has 3 aromatic carbocycles. The van der Waals surface area contributed by atoms with E-state index in [9.17, 15) is 0 Å². The summed E-state index contributed by atoms with van der Waals surface area (Å²) in [5, 5.41) is 2.46. The van der Waals surface area contributed by atoms with E-state index in [0.717, 1.165) is 27.5 Å². The van der Waals surface area contributed by atoms with E-state index in [1.807, 2.05) is 13.8 Å². The molecule has 25 heavy (non-hydrogen) atoms. The Morgan fingerprint density at radius 1 is 0.720 bits per heavy atom. The van der Waals surface area contributed by atoms with E-state index in [2.05, 4.69) is 91.5 Å². The summed E-state index contributed by atoms with van der Waals surface area (Å²) in [6.07, 6.45) is 0. The number of rotatable bonds is 2. The molecule has 0 N–H and O–H groups in total. The number of aryl methyl sites for hydroxylation is 2. The first-order chi connectivity index (χ1) is 12.1. The van der Waals surface area contributed by atoms with Crippen molar-refractivity contribution in [1.29, 1.82) is 0 Å². The van der Waals surface area contributed by atoms with Gasteiger partial charge in [0.15, 0.2) is 5.82 Å². The highest BCUT2D eigenvalue weighted by Crippen LogP contribution is 2.33. The first kappa shape index (κ1) is 15.9. The molecule has 0 aliphatic heterocycles. The topological polar surface area (TPSA) is 38.7 Å². The van der Waals surface area contributed by atoms with Crippen molar-refractivity contribution in [3.05, 3.63) is 76.8 Å². The van der Waals surface area contributed by atoms with Crippen LogP contribution in [-0.4, -0.2) is 15.0 Å². The summed E-state index contributed by atoms with van der Waals surface area (Å²) in [6.45, 7) is 3.78. The number of halogens is 1. The quantitative estimate of drug-likeness (QED) is 0.438. The highest BCUT2D eigenvalue weighted by molar-refractivity contribution is 9.10. The van der Waals surface area contributed by atoms with Crippen LogP contribution in [0, 0.1) is 13.8 Å². The Morgan fingerprint density at radius 3 is 2.08 bits per heavy atom. The lowest BCUT2D eigenvalue weighted by atomic mass is 9.97. The summed E-state index contributed by atoms with van der Waals surface area (Å²) in [4.78, 5) is 13.1. The number of aromatic nitrogens is 3. The van der Waals surface area contributed by atoms with Gasteiger partial charge in [0.2, 0.25) is 0 Å². The summed E-state index contributed by atoms with van der Waals surface area (Å²) < 4.78 is 1.08. The third kappa shape index (κ3) is 3.17. The minimum absolute atomic E-state index is 0.718. The van der Waals surface area contributed by atoms with E-state index < -0.39 is 0 Å². The predicted octanol–water partition coefficient (Wildman–Crippen LogP) is 5.74. The fourth-order valence-corrected chi connectivity index (χ4v) is 3.53. The molecule has 0 amide bonds. The Balaban J connectivity index is 1.81. The Kier molecular flexibility index (Phi) is 4.06. The zero-order valence-corrected chi connectivity index (χ0v) is 15.6. The molecule has 1 heterocycles. The van der Waals surface area contributed by atoms with Crippen LogP contribution < -0.4 is 0 Å². The summed E-state index contributed by atoms with van der Waals surface area (Å²) in [5.41, 5.74) is 3.37. The fraction of sp³-hybridized carbons (Fsp3) is 0.0952. The van der Waals surface area contributed by atoms with E-state index in [-0.39, 0.29) is 0 Å². The van der Waals surface area contributed by atoms with Crippen molar-refractivity contribution in [2.75, 3.05) is 0 Å². The first-order valence-electron chi connectivity index (χ1n) is 8.08. The molecule has 0 bridgehead atoms. The highest BCUT2D eigenvalue weighted by atomic mass is 79.9. The van der Waals surface area contributed by atoms with Gasteiger partial charge in [0, 0.05) is 10.0 Å². The van der Waals surface area contributed by atoms with Crippen LogP contribution in [0.2, 0.25) is 0 Å². The smallest absolute Gasteiger partial charge is 0.163 e. The van der Waals surface area contributed by atoms with Crippen LogP contribution in [0.4, 0.5) is 0 Å². The van der Waals surface area contributed by atoms with Crippen molar-refractivity contribution in [3.8, 4) is 22.5 Å². The third-order valence-corrected chi connectivity index (χ3v) is 4.60. The van der Waals surface area contributed by atoms with E-state index >= 15 is 0 Å². The van der Waals surface area contributed by atoms with E-state index in [1.54, 1.807) is 0 Å². The van der Waals surface area contributed by atoms with Gasteiger partial charge in [-0.15, -0.1) is 0 Å². The van der Waals surface area contributed by atoms with E-state index in [4.69, 9.17) is 0 Å². The van der Waals surface area contributed by atoms with Crippen molar-refractivity contribution < 1.29 is 0 Å². The van der Waals surface area contributed by atoms with Crippen molar-refractivity contribution in [2.24, 2.45) is 0 Å². The van der Waals surface area contributed by atoms with Crippen LogP contribution in [0.3, 0.4) is 0 Å². The maximum absolute atomic E-state index is 4.44. The van der Waals surface area contributed by atoms with E-state index in [0.29, 0.717) is 0 Å². The van der Waals surface area contributed by atoms with Crippen LogP contribution in [0.1, 0.15) is 11.6 Å². The molecular formula is C21H16BrN3. The SMILES string of the molecule is Cc1nc(C)nc(-c2ccc(-c3cc(Br)cc4ccccc34)cc2)n1. The van der Waals surface area contributed by atoms with Gasteiger partial charge in [-0.05, 0) is 47.9 Å². The van der Waals surface area contributed by atoms with Crippen molar-refractivity contribution in [2.45, 2.75) is 13.8 Å². The molecule has 4 rings (SSSR count). The highest BCUT2D eigenvalue weighted by Gasteiger charge is 2.08. The molecule has 122 valence electrons. The van der Waals surface area contributed by atoms with Crippen molar-refractivity contribution in [1.82, 2.24) is 15.0 Å². The zero-order chi connectivity index (χ0) is 17.4. The minimum Gasteiger partial charge on any atom is -0.219 e. The molecule has 0 aliphatic rings. The van der Waals surface area contributed by atoms with Gasteiger partial charge in [0.1, 0.15) is 11.6 Å². The van der Waals surface area contributed by atoms with Gasteiger partial charge < -0.3 is 0 Å². The monoisotopic (exact) mass is 389 g/mol. The van der Waals surface area contributed by atoms with Crippen molar-refractivity contribution in [3.63, 3.8) is 0 Å². The standard InChI is InChI=1S/C21H16BrN3/c1-13-23-14(2)25-21(24-13)16-9-7-15(8-10-16)20-12-18(22)11-17-5-3-4-6-19(17)20/h3-12H,1-2H3. The lowest BCUT2D eigenvalue weighted by molar-refractivity contribution is 0.928. The van der Waals surface area contributed by atoms with Gasteiger partial charge in [-0.2, -0.15) is 0 Å². The molecule has 0 radical (unpaired) electrons. The number of benzene rings is 3. The molecule has 4 aromatic rings. The molecule has 0 aliphatic carbocycles. The molecule has 0 fully saturated rings. The lowest BCUT2D eigenvalue weighted by Gasteiger charge is -2.09. The Morgan fingerprint density at radius 2 is 1.36 bits per heavy atom. The Labute approximate surface area is 154 Å². The minimum atomic E-state index is 0.718. The summed E-state index contributed by atoms with van der Waals surface area (Å²) in [5.74, 6) is 2.20. The van der Waals surface area contributed by atoms with Crippen LogP contribution in [0.25, 0.3) is 33.3 Å². The molecule has 4 heteroatoms. The maximum atomic E-state index is 4.44. The Hall–Kier alpha value is -2.59. The zero-order valence-electron chi connectivity index (χ0n) is 14.0. The van der Waals surface area contributed by atoms with Crippen LogP contribution in [0.15, 0.2) is 65.1 Å². The first-order valence-corrected chi connectivity index (χ1v) is 8.88. The predicted molar refractivity (Wildman–Crippen MR) is 105 cm³/mol. The number of fused-ring (bicyclic) bond motifs is 1. The molecule has 0 spiro atoms. The van der Waals surface area contributed by atoms with Crippen molar-refractivity contribution >= 4 is 26.7 Å². The van der Waals surface area contributed by atoms with Gasteiger partial charge in [0.05, 0.1) is 0 Å². The van der Waals surface area contributed by atoms with Gasteiger partial charge >= 0.3 is 0 Å². The Bertz CT molecular complexity index is 1050. The second kappa shape index (κ2) is 6.37. The van der Waals surface area contributed by atoms with Crippen LogP contribution >= 0.6 is 15.9 Å². The van der Waals surface area contributed by atoms with Gasteiger partial charge in [-0.25, -0.2) is 15.0 Å². The molecule has 0 atom stereocenters. The normalized spacial score (nSPS) is 11.0. The number of hydrogen-bond acceptors (Lipinski definition) is 3. The van der Waals surface area contributed by atoms with Gasteiger partial charge in [-0.1, -0.05) is 64.5 Å². The average molecular weight is 390 g/mol. The fourth-order valence-electron chi connectivity index (χ4n) is 3.06. The van der Waals surface area contributed by atoms with Gasteiger partial charge in [-0.3, -0.25) is 0 Å². The maximum Gasteiger partial charge on any atom is 0.163 e. The van der Waals surface area contributed by atoms with E-state index in [1.165, 1.54) is 21.9 Å². The second-order valence-electron chi connectivity index (χ2n) is 6.01.